The highest BCUT2D eigenvalue weighted by molar-refractivity contribution is 5.81. The van der Waals surface area contributed by atoms with Crippen LogP contribution in [0, 0.1) is 0 Å². The first kappa shape index (κ1) is 14.6. The number of rotatable bonds is 6. The van der Waals surface area contributed by atoms with Gasteiger partial charge in [-0.15, -0.1) is 0 Å². The van der Waals surface area contributed by atoms with Crippen molar-refractivity contribution in [2.45, 2.75) is 46.0 Å². The van der Waals surface area contributed by atoms with Crippen LogP contribution in [0.5, 0.6) is 0 Å². The number of hydrogen-bond acceptors (Lipinski definition) is 2. The van der Waals surface area contributed by atoms with Gasteiger partial charge in [0.1, 0.15) is 5.82 Å². The number of amides is 1. The van der Waals surface area contributed by atoms with Crippen LogP contribution >= 0.6 is 0 Å². The maximum Gasteiger partial charge on any atom is 0.224 e. The van der Waals surface area contributed by atoms with Crippen molar-refractivity contribution in [2.75, 3.05) is 6.54 Å². The quantitative estimate of drug-likeness (QED) is 0.794. The van der Waals surface area contributed by atoms with Gasteiger partial charge in [0.15, 0.2) is 0 Å². The first-order valence-corrected chi connectivity index (χ1v) is 7.35. The Morgan fingerprint density at radius 1 is 1.40 bits per heavy atom. The smallest absolute Gasteiger partial charge is 0.224 e. The Balaban J connectivity index is 2.05. The van der Waals surface area contributed by atoms with E-state index in [-0.39, 0.29) is 5.91 Å². The number of fused-ring (bicyclic) bond motifs is 1. The highest BCUT2D eigenvalue weighted by atomic mass is 16.1. The summed E-state index contributed by atoms with van der Waals surface area (Å²) in [4.78, 5) is 19.7. The van der Waals surface area contributed by atoms with Crippen LogP contribution < -0.4 is 5.32 Å². The molecule has 1 aromatic heterocycles. The Labute approximate surface area is 120 Å². The zero-order chi connectivity index (χ0) is 14.5. The normalized spacial score (nSPS) is 11.2. The molecule has 4 heteroatoms. The van der Waals surface area contributed by atoms with E-state index in [1.165, 1.54) is 0 Å². The van der Waals surface area contributed by atoms with E-state index in [0.717, 1.165) is 41.8 Å². The minimum absolute atomic E-state index is 0.0846. The van der Waals surface area contributed by atoms with Crippen LogP contribution in [-0.4, -0.2) is 22.4 Å². The monoisotopic (exact) mass is 273 g/mol. The van der Waals surface area contributed by atoms with Gasteiger partial charge in [0.25, 0.3) is 0 Å². The number of imidazole rings is 1. The summed E-state index contributed by atoms with van der Waals surface area (Å²) in [5.74, 6) is 1.45. The summed E-state index contributed by atoms with van der Waals surface area (Å²) in [6.45, 7) is 7.10. The molecular formula is C16H23N3O. The first-order chi connectivity index (χ1) is 9.60. The average Bonchev–Trinajstić information content (AvgIpc) is 2.82. The van der Waals surface area contributed by atoms with Crippen molar-refractivity contribution in [1.29, 1.82) is 0 Å². The number of aromatic nitrogens is 2. The van der Waals surface area contributed by atoms with Crippen LogP contribution in [0.3, 0.4) is 0 Å². The number of carbonyl (C=O) groups is 1. The van der Waals surface area contributed by atoms with Crippen molar-refractivity contribution in [3.8, 4) is 0 Å². The van der Waals surface area contributed by atoms with Crippen LogP contribution in [0.25, 0.3) is 11.0 Å². The Hall–Kier alpha value is -1.84. The molecule has 0 saturated heterocycles. The Bertz CT molecular complexity index is 586. The number of unbranched alkanes of at least 4 members (excludes halogenated alkanes) is 1. The Morgan fingerprint density at radius 3 is 2.90 bits per heavy atom. The van der Waals surface area contributed by atoms with Crippen molar-refractivity contribution in [1.82, 2.24) is 15.3 Å². The van der Waals surface area contributed by atoms with Gasteiger partial charge in [0.05, 0.1) is 17.5 Å². The molecule has 1 amide bonds. The van der Waals surface area contributed by atoms with E-state index in [2.05, 4.69) is 36.1 Å². The molecule has 2 aromatic rings. The molecule has 0 aliphatic rings. The largest absolute Gasteiger partial charge is 0.356 e. The number of H-pyrrole nitrogens is 1. The van der Waals surface area contributed by atoms with Gasteiger partial charge in [0, 0.05) is 12.5 Å². The zero-order valence-corrected chi connectivity index (χ0v) is 12.5. The third-order valence-corrected chi connectivity index (χ3v) is 3.33. The molecule has 4 nitrogen and oxygen atoms in total. The second-order valence-corrected chi connectivity index (χ2v) is 5.51. The molecule has 0 bridgehead atoms. The molecule has 0 aliphatic heterocycles. The first-order valence-electron chi connectivity index (χ1n) is 7.35. The topological polar surface area (TPSA) is 57.8 Å². The molecule has 0 saturated carbocycles. The molecule has 108 valence electrons. The maximum absolute atomic E-state index is 11.8. The second-order valence-electron chi connectivity index (χ2n) is 5.51. The molecule has 0 atom stereocenters. The van der Waals surface area contributed by atoms with Gasteiger partial charge in [-0.1, -0.05) is 33.3 Å². The van der Waals surface area contributed by atoms with E-state index in [1.54, 1.807) is 0 Å². The van der Waals surface area contributed by atoms with Crippen LogP contribution in [-0.2, 0) is 11.2 Å². The highest BCUT2D eigenvalue weighted by Gasteiger charge is 2.08. The summed E-state index contributed by atoms with van der Waals surface area (Å²) in [7, 11) is 0. The van der Waals surface area contributed by atoms with E-state index >= 15 is 0 Å². The minimum atomic E-state index is 0.0846. The molecule has 0 radical (unpaired) electrons. The molecule has 2 rings (SSSR count). The van der Waals surface area contributed by atoms with Gasteiger partial charge < -0.3 is 10.3 Å². The van der Waals surface area contributed by atoms with Gasteiger partial charge in [-0.05, 0) is 24.1 Å². The van der Waals surface area contributed by atoms with Gasteiger partial charge in [-0.3, -0.25) is 4.79 Å². The lowest BCUT2D eigenvalue weighted by molar-refractivity contribution is -0.120. The molecule has 1 aromatic carbocycles. The van der Waals surface area contributed by atoms with Gasteiger partial charge in [-0.2, -0.15) is 0 Å². The van der Waals surface area contributed by atoms with Crippen molar-refractivity contribution in [3.05, 3.63) is 29.6 Å². The molecule has 0 aliphatic carbocycles. The van der Waals surface area contributed by atoms with Crippen molar-refractivity contribution in [3.63, 3.8) is 0 Å². The highest BCUT2D eigenvalue weighted by Crippen LogP contribution is 2.18. The van der Waals surface area contributed by atoms with Gasteiger partial charge >= 0.3 is 0 Å². The predicted octanol–water partition coefficient (Wildman–Crippen LogP) is 3.15. The maximum atomic E-state index is 11.8. The van der Waals surface area contributed by atoms with Crippen LogP contribution in [0.2, 0.25) is 0 Å². The fourth-order valence-corrected chi connectivity index (χ4v) is 2.11. The van der Waals surface area contributed by atoms with E-state index in [4.69, 9.17) is 0 Å². The fraction of sp³-hybridized carbons (Fsp3) is 0.500. The zero-order valence-electron chi connectivity index (χ0n) is 12.5. The predicted molar refractivity (Wildman–Crippen MR) is 81.8 cm³/mol. The lowest BCUT2D eigenvalue weighted by Gasteiger charge is -2.04. The SMILES string of the molecule is CCCCNC(=O)Cc1ccc2nc(C(C)C)[nH]c2c1. The third-order valence-electron chi connectivity index (χ3n) is 3.33. The summed E-state index contributed by atoms with van der Waals surface area (Å²) in [6.07, 6.45) is 2.55. The summed E-state index contributed by atoms with van der Waals surface area (Å²) in [5.41, 5.74) is 2.99. The second kappa shape index (κ2) is 6.55. The van der Waals surface area contributed by atoms with E-state index in [1.807, 2.05) is 18.2 Å². The van der Waals surface area contributed by atoms with Crippen molar-refractivity contribution < 1.29 is 4.79 Å². The Kier molecular flexibility index (Phi) is 4.77. The number of benzene rings is 1. The van der Waals surface area contributed by atoms with E-state index < -0.39 is 0 Å². The third kappa shape index (κ3) is 3.59. The molecule has 0 unspecified atom stereocenters. The van der Waals surface area contributed by atoms with Crippen molar-refractivity contribution >= 4 is 16.9 Å². The van der Waals surface area contributed by atoms with E-state index in [0.29, 0.717) is 12.3 Å². The lowest BCUT2D eigenvalue weighted by Crippen LogP contribution is -2.25. The molecule has 1 heterocycles. The molecule has 2 N–H and O–H groups in total. The molecule has 0 fully saturated rings. The Morgan fingerprint density at radius 2 is 2.20 bits per heavy atom. The lowest BCUT2D eigenvalue weighted by atomic mass is 10.1. The van der Waals surface area contributed by atoms with Gasteiger partial charge in [0.2, 0.25) is 5.91 Å². The summed E-state index contributed by atoms with van der Waals surface area (Å²) < 4.78 is 0. The minimum Gasteiger partial charge on any atom is -0.356 e. The number of nitrogens with zero attached hydrogens (tertiary/aromatic N) is 1. The summed E-state index contributed by atoms with van der Waals surface area (Å²) >= 11 is 0. The van der Waals surface area contributed by atoms with Gasteiger partial charge in [-0.25, -0.2) is 4.98 Å². The molecule has 20 heavy (non-hydrogen) atoms. The summed E-state index contributed by atoms with van der Waals surface area (Å²) in [6, 6.07) is 5.98. The van der Waals surface area contributed by atoms with Crippen LogP contribution in [0.1, 0.15) is 50.9 Å². The molecular weight excluding hydrogens is 250 g/mol. The molecule has 0 spiro atoms. The standard InChI is InChI=1S/C16H23N3O/c1-4-5-8-17-15(20)10-12-6-7-13-14(9-12)19-16(18-13)11(2)3/h6-7,9,11H,4-5,8,10H2,1-3H3,(H,17,20)(H,18,19). The summed E-state index contributed by atoms with van der Waals surface area (Å²) in [5, 5.41) is 2.94. The fourth-order valence-electron chi connectivity index (χ4n) is 2.11. The number of nitrogens with one attached hydrogen (secondary N) is 2. The van der Waals surface area contributed by atoms with Crippen molar-refractivity contribution in [2.24, 2.45) is 0 Å². The van der Waals surface area contributed by atoms with Crippen LogP contribution in [0.15, 0.2) is 18.2 Å². The van der Waals surface area contributed by atoms with Crippen LogP contribution in [0.4, 0.5) is 0 Å². The number of hydrogen-bond donors (Lipinski definition) is 2. The number of aromatic amines is 1. The average molecular weight is 273 g/mol. The van der Waals surface area contributed by atoms with E-state index in [9.17, 15) is 4.79 Å². The number of carbonyl (C=O) groups excluding carboxylic acids is 1.